The lowest BCUT2D eigenvalue weighted by Crippen LogP contribution is -2.23. The van der Waals surface area contributed by atoms with Gasteiger partial charge in [-0.05, 0) is 38.1 Å². The fraction of sp³-hybridized carbons (Fsp3) is 0.222. The van der Waals surface area contributed by atoms with Crippen molar-refractivity contribution in [3.63, 3.8) is 0 Å². The average Bonchev–Trinajstić information content (AvgIpc) is 3.01. The maximum absolute atomic E-state index is 14.2. The highest BCUT2D eigenvalue weighted by Crippen LogP contribution is 2.27. The molecule has 4 nitrogen and oxygen atoms in total. The monoisotopic (exact) mass is 308 g/mol. The van der Waals surface area contributed by atoms with Crippen LogP contribution in [0.15, 0.2) is 36.7 Å². The molecule has 23 heavy (non-hydrogen) atoms. The fourth-order valence-electron chi connectivity index (χ4n) is 2.69. The normalized spacial score (nSPS) is 10.7. The van der Waals surface area contributed by atoms with E-state index in [0.717, 1.165) is 24.3 Å². The predicted molar refractivity (Wildman–Crippen MR) is 89.9 cm³/mol. The summed E-state index contributed by atoms with van der Waals surface area (Å²) >= 11 is 0. The third kappa shape index (κ3) is 2.53. The molecule has 0 aliphatic heterocycles. The van der Waals surface area contributed by atoms with E-state index in [9.17, 15) is 4.39 Å². The minimum atomic E-state index is -0.229. The maximum Gasteiger partial charge on any atom is 0.171 e. The van der Waals surface area contributed by atoms with Crippen LogP contribution in [0.4, 0.5) is 10.1 Å². The highest BCUT2D eigenvalue weighted by molar-refractivity contribution is 5.69. The van der Waals surface area contributed by atoms with Crippen molar-refractivity contribution in [3.8, 4) is 23.6 Å². The Bertz CT molecular complexity index is 888. The zero-order valence-corrected chi connectivity index (χ0v) is 13.1. The first-order valence-corrected chi connectivity index (χ1v) is 7.53. The van der Waals surface area contributed by atoms with E-state index in [1.165, 1.54) is 6.07 Å². The molecule has 5 heteroatoms. The SMILES string of the molecule is C#Cc1cnn2c(-c3ccc(F)c(N(CC)CC)c3)ccnc12. The van der Waals surface area contributed by atoms with Crippen molar-refractivity contribution in [1.82, 2.24) is 14.6 Å². The molecule has 2 heterocycles. The van der Waals surface area contributed by atoms with Gasteiger partial charge in [0.15, 0.2) is 5.65 Å². The molecule has 0 N–H and O–H groups in total. The van der Waals surface area contributed by atoms with Crippen molar-refractivity contribution in [3.05, 3.63) is 48.0 Å². The topological polar surface area (TPSA) is 33.4 Å². The number of benzene rings is 1. The highest BCUT2D eigenvalue weighted by Gasteiger charge is 2.13. The molecule has 0 saturated heterocycles. The second-order valence-electron chi connectivity index (χ2n) is 5.11. The first kappa shape index (κ1) is 15.0. The van der Waals surface area contributed by atoms with Gasteiger partial charge in [-0.3, -0.25) is 0 Å². The lowest BCUT2D eigenvalue weighted by molar-refractivity contribution is 0.620. The predicted octanol–water partition coefficient (Wildman–Crippen LogP) is 3.36. The van der Waals surface area contributed by atoms with Crippen molar-refractivity contribution in [2.45, 2.75) is 13.8 Å². The zero-order valence-electron chi connectivity index (χ0n) is 13.1. The van der Waals surface area contributed by atoms with E-state index in [-0.39, 0.29) is 5.82 Å². The second-order valence-corrected chi connectivity index (χ2v) is 5.11. The van der Waals surface area contributed by atoms with E-state index < -0.39 is 0 Å². The second kappa shape index (κ2) is 6.09. The number of hydrogen-bond acceptors (Lipinski definition) is 3. The molecule has 0 fully saturated rings. The standard InChI is InChI=1S/C18H17FN4/c1-4-13-12-21-23-16(9-10-20-18(13)23)14-7-8-15(19)17(11-14)22(5-2)6-3/h1,7-12H,5-6H2,2-3H3. The van der Waals surface area contributed by atoms with E-state index >= 15 is 0 Å². The Kier molecular flexibility index (Phi) is 3.98. The third-order valence-electron chi connectivity index (χ3n) is 3.90. The third-order valence-corrected chi connectivity index (χ3v) is 3.90. The van der Waals surface area contributed by atoms with Gasteiger partial charge in [-0.2, -0.15) is 5.10 Å². The summed E-state index contributed by atoms with van der Waals surface area (Å²) in [5.41, 5.74) is 3.54. The molecule has 3 aromatic rings. The first-order chi connectivity index (χ1) is 11.2. The summed E-state index contributed by atoms with van der Waals surface area (Å²) in [7, 11) is 0. The van der Waals surface area contributed by atoms with Crippen LogP contribution < -0.4 is 4.90 Å². The van der Waals surface area contributed by atoms with Gasteiger partial charge in [0.2, 0.25) is 0 Å². The Morgan fingerprint density at radius 3 is 2.74 bits per heavy atom. The van der Waals surface area contributed by atoms with E-state index in [2.05, 4.69) is 16.0 Å². The molecular weight excluding hydrogens is 291 g/mol. The number of terminal acetylenes is 1. The lowest BCUT2D eigenvalue weighted by Gasteiger charge is -2.22. The summed E-state index contributed by atoms with van der Waals surface area (Å²) in [6.07, 6.45) is 8.77. The summed E-state index contributed by atoms with van der Waals surface area (Å²) < 4.78 is 15.9. The van der Waals surface area contributed by atoms with Crippen LogP contribution >= 0.6 is 0 Å². The van der Waals surface area contributed by atoms with Crippen LogP contribution in [0.3, 0.4) is 0 Å². The quantitative estimate of drug-likeness (QED) is 0.693. The minimum absolute atomic E-state index is 0.229. The Hall–Kier alpha value is -2.87. The number of aromatic nitrogens is 3. The van der Waals surface area contributed by atoms with Gasteiger partial charge < -0.3 is 4.90 Å². The number of nitrogens with zero attached hydrogens (tertiary/aromatic N) is 4. The van der Waals surface area contributed by atoms with Crippen LogP contribution in [0.2, 0.25) is 0 Å². The lowest BCUT2D eigenvalue weighted by atomic mass is 10.1. The van der Waals surface area contributed by atoms with Gasteiger partial charge in [0, 0.05) is 24.8 Å². The van der Waals surface area contributed by atoms with Gasteiger partial charge in [-0.1, -0.05) is 5.92 Å². The number of hydrogen-bond donors (Lipinski definition) is 0. The van der Waals surface area contributed by atoms with E-state index in [1.807, 2.05) is 30.9 Å². The van der Waals surface area contributed by atoms with Crippen molar-refractivity contribution in [2.24, 2.45) is 0 Å². The molecule has 0 aliphatic carbocycles. The van der Waals surface area contributed by atoms with Crippen LogP contribution in [0.5, 0.6) is 0 Å². The molecule has 0 spiro atoms. The Morgan fingerprint density at radius 1 is 1.26 bits per heavy atom. The number of halogens is 1. The largest absolute Gasteiger partial charge is 0.370 e. The fourth-order valence-corrected chi connectivity index (χ4v) is 2.69. The van der Waals surface area contributed by atoms with E-state index in [0.29, 0.717) is 16.9 Å². The molecule has 116 valence electrons. The van der Waals surface area contributed by atoms with E-state index in [1.54, 1.807) is 23.0 Å². The minimum Gasteiger partial charge on any atom is -0.370 e. The molecule has 0 unspecified atom stereocenters. The Balaban J connectivity index is 2.18. The Labute approximate surface area is 134 Å². The van der Waals surface area contributed by atoms with Crippen LogP contribution in [-0.2, 0) is 0 Å². The zero-order chi connectivity index (χ0) is 16.4. The maximum atomic E-state index is 14.2. The average molecular weight is 308 g/mol. The Morgan fingerprint density at radius 2 is 2.04 bits per heavy atom. The molecule has 0 amide bonds. The smallest absolute Gasteiger partial charge is 0.171 e. The summed E-state index contributed by atoms with van der Waals surface area (Å²) in [6.45, 7) is 5.50. The molecule has 0 aliphatic rings. The first-order valence-electron chi connectivity index (χ1n) is 7.53. The van der Waals surface area contributed by atoms with Gasteiger partial charge in [0.25, 0.3) is 0 Å². The van der Waals surface area contributed by atoms with Gasteiger partial charge in [-0.15, -0.1) is 6.42 Å². The van der Waals surface area contributed by atoms with Crippen molar-refractivity contribution < 1.29 is 4.39 Å². The number of rotatable bonds is 4. The molecule has 3 rings (SSSR count). The van der Waals surface area contributed by atoms with Crippen LogP contribution in [0.25, 0.3) is 16.9 Å². The summed E-state index contributed by atoms with van der Waals surface area (Å²) in [6, 6.07) is 6.92. The van der Waals surface area contributed by atoms with Crippen LogP contribution in [-0.4, -0.2) is 27.7 Å². The highest BCUT2D eigenvalue weighted by atomic mass is 19.1. The molecular formula is C18H17FN4. The van der Waals surface area contributed by atoms with Crippen molar-refractivity contribution in [1.29, 1.82) is 0 Å². The van der Waals surface area contributed by atoms with Crippen molar-refractivity contribution in [2.75, 3.05) is 18.0 Å². The van der Waals surface area contributed by atoms with Gasteiger partial charge in [0.1, 0.15) is 5.82 Å². The number of anilines is 1. The summed E-state index contributed by atoms with van der Waals surface area (Å²) in [4.78, 5) is 6.26. The van der Waals surface area contributed by atoms with Crippen molar-refractivity contribution >= 4 is 11.3 Å². The molecule has 1 aromatic carbocycles. The van der Waals surface area contributed by atoms with Crippen LogP contribution in [0, 0.1) is 18.2 Å². The number of fused-ring (bicyclic) bond motifs is 1. The van der Waals surface area contributed by atoms with Gasteiger partial charge >= 0.3 is 0 Å². The molecule has 0 saturated carbocycles. The molecule has 0 bridgehead atoms. The van der Waals surface area contributed by atoms with E-state index in [4.69, 9.17) is 6.42 Å². The van der Waals surface area contributed by atoms with Gasteiger partial charge in [-0.25, -0.2) is 13.9 Å². The molecule has 2 aromatic heterocycles. The molecule has 0 radical (unpaired) electrons. The van der Waals surface area contributed by atoms with Crippen LogP contribution in [0.1, 0.15) is 19.4 Å². The summed E-state index contributed by atoms with van der Waals surface area (Å²) in [5, 5.41) is 4.31. The summed E-state index contributed by atoms with van der Waals surface area (Å²) in [5.74, 6) is 2.34. The van der Waals surface area contributed by atoms with Gasteiger partial charge in [0.05, 0.1) is 23.1 Å². The molecule has 0 atom stereocenters.